The van der Waals surface area contributed by atoms with Gasteiger partial charge in [0.15, 0.2) is 0 Å². The molecule has 0 radical (unpaired) electrons. The Balaban J connectivity index is 0. The van der Waals surface area contributed by atoms with Gasteiger partial charge in [0.2, 0.25) is 0 Å². The number of halogens is 1. The van der Waals surface area contributed by atoms with Crippen LogP contribution in [0, 0.1) is 0 Å². The number of phosphoric acid groups is 1. The maximum Gasteiger partial charge on any atom is 2.00 e. The van der Waals surface area contributed by atoms with Crippen LogP contribution in [0.2, 0.25) is 0 Å². The van der Waals surface area contributed by atoms with Gasteiger partial charge in [0.25, 0.3) is 0 Å². The quantitative estimate of drug-likeness (QED) is 0.359. The Bertz CT molecular complexity index is 75.8. The molecule has 7 heavy (non-hydrogen) atoms. The minimum atomic E-state index is -4.88. The maximum atomic E-state index is 9.12. The van der Waals surface area contributed by atoms with Crippen molar-refractivity contribution in [3.8, 4) is 0 Å². The first-order chi connectivity index (χ1) is 2.56. The molecule has 0 unspecified atom stereocenters. The Morgan fingerprint density at radius 3 is 1.71 bits per heavy atom. The molecule has 38 valence electrons. The van der Waals surface area contributed by atoms with E-state index in [9.17, 15) is 0 Å². The average molecular weight is 171 g/mol. The summed E-state index contributed by atoms with van der Waals surface area (Å²) in [6.07, 6.45) is 0. The Kier molecular flexibility index (Phi) is 7.41. The summed E-state index contributed by atoms with van der Waals surface area (Å²) < 4.78 is 12.0. The van der Waals surface area contributed by atoms with Gasteiger partial charge in [0, 0.05) is 0 Å². The molecule has 0 amide bonds. The van der Waals surface area contributed by atoms with Gasteiger partial charge in [0.1, 0.15) is 0 Å². The number of hydrogen-bond acceptors (Lipinski definition) is 4. The van der Waals surface area contributed by atoms with Crippen LogP contribution in [0.5, 0.6) is 0 Å². The fourth-order valence-corrected chi connectivity index (χ4v) is 0. The van der Waals surface area contributed by atoms with Gasteiger partial charge >= 0.3 is 37.7 Å². The van der Waals surface area contributed by atoms with Crippen LogP contribution < -0.4 is 9.79 Å². The smallest absolute Gasteiger partial charge is 0.789 e. The molecule has 0 aromatic rings. The summed E-state index contributed by atoms with van der Waals surface area (Å²) in [5.74, 6) is 0. The van der Waals surface area contributed by atoms with Crippen molar-refractivity contribution in [2.45, 2.75) is 0 Å². The fraction of sp³-hybridized carbons (Fsp3) is 0. The third-order valence-electron chi connectivity index (χ3n) is 0.0845. The van der Waals surface area contributed by atoms with Crippen molar-refractivity contribution in [2.24, 2.45) is 0 Å². The van der Waals surface area contributed by atoms with E-state index in [1.54, 1.807) is 0 Å². The molecule has 0 aliphatic rings. The first-order valence-corrected chi connectivity index (χ1v) is 2.65. The molecule has 0 heterocycles. The Morgan fingerprint density at radius 1 is 1.57 bits per heavy atom. The van der Waals surface area contributed by atoms with Crippen molar-refractivity contribution in [3.63, 3.8) is 0 Å². The molecule has 0 bridgehead atoms. The van der Waals surface area contributed by atoms with Gasteiger partial charge in [-0.15, -0.1) is 0 Å². The predicted octanol–water partition coefficient (Wildman–Crippen LogP) is -1.40. The third-order valence-corrected chi connectivity index (χ3v) is 0.761. The zero-order chi connectivity index (χ0) is 5.21. The minimum absolute atomic E-state index is 0. The van der Waals surface area contributed by atoms with Crippen molar-refractivity contribution >= 4 is 57.4 Å². The van der Waals surface area contributed by atoms with E-state index >= 15 is 0 Å². The van der Waals surface area contributed by atoms with Crippen LogP contribution in [0.15, 0.2) is 0 Å². The zero-order valence-electron chi connectivity index (χ0n) is 3.17. The Morgan fingerprint density at radius 2 is 1.71 bits per heavy atom. The van der Waals surface area contributed by atoms with Gasteiger partial charge in [-0.3, -0.25) is 0 Å². The topological polar surface area (TPSA) is 72.4 Å². The average Bonchev–Trinajstić information content (AvgIpc) is 1.35. The van der Waals surface area contributed by atoms with Crippen molar-refractivity contribution in [1.29, 1.82) is 0 Å². The minimum Gasteiger partial charge on any atom is -0.789 e. The standard InChI is InChI=1S/Ca.ClH2O4P/c;1-5-6(2,3)4/h;(H2,2,3,4)/q+2;/p-2. The second kappa shape index (κ2) is 4.53. The Hall–Kier alpha value is 1.66. The van der Waals surface area contributed by atoms with Crippen LogP contribution in [-0.4, -0.2) is 37.7 Å². The SMILES string of the molecule is O=P([O-])([O-])OCl.[Ca+2]. The first-order valence-electron chi connectivity index (χ1n) is 0.885. The fourth-order valence-electron chi connectivity index (χ4n) is 0. The van der Waals surface area contributed by atoms with E-state index in [0.717, 1.165) is 0 Å². The van der Waals surface area contributed by atoms with E-state index in [1.807, 2.05) is 0 Å². The predicted molar refractivity (Wildman–Crippen MR) is 20.3 cm³/mol. The van der Waals surface area contributed by atoms with Crippen LogP contribution in [0.3, 0.4) is 0 Å². The van der Waals surface area contributed by atoms with E-state index < -0.39 is 7.82 Å². The van der Waals surface area contributed by atoms with Gasteiger partial charge < -0.3 is 14.4 Å². The van der Waals surface area contributed by atoms with Gasteiger partial charge in [-0.2, -0.15) is 0 Å². The first kappa shape index (κ1) is 11.5. The molecule has 0 aromatic carbocycles. The summed E-state index contributed by atoms with van der Waals surface area (Å²) in [5, 5.41) is 0. The summed E-state index contributed by atoms with van der Waals surface area (Å²) in [5.41, 5.74) is 0. The summed E-state index contributed by atoms with van der Waals surface area (Å²) in [6, 6.07) is 0. The van der Waals surface area contributed by atoms with Gasteiger partial charge in [0.05, 0.1) is 19.7 Å². The van der Waals surface area contributed by atoms with E-state index in [2.05, 4.69) is 15.9 Å². The monoisotopic (exact) mass is 170 g/mol. The van der Waals surface area contributed by atoms with Crippen molar-refractivity contribution in [3.05, 3.63) is 0 Å². The van der Waals surface area contributed by atoms with Crippen LogP contribution in [0.4, 0.5) is 0 Å². The van der Waals surface area contributed by atoms with Crippen LogP contribution in [0.1, 0.15) is 0 Å². The molecule has 0 aliphatic carbocycles. The van der Waals surface area contributed by atoms with E-state index in [1.165, 1.54) is 0 Å². The summed E-state index contributed by atoms with van der Waals surface area (Å²) in [4.78, 5) is 18.2. The summed E-state index contributed by atoms with van der Waals surface area (Å²) in [6.45, 7) is 0. The largest absolute Gasteiger partial charge is 2.00 e. The second-order valence-corrected chi connectivity index (χ2v) is 1.96. The molecular weight excluding hydrogens is 171 g/mol. The second-order valence-electron chi connectivity index (χ2n) is 0.516. The van der Waals surface area contributed by atoms with E-state index in [0.29, 0.717) is 0 Å². The molecule has 0 spiro atoms. The third kappa shape index (κ3) is 11.3. The van der Waals surface area contributed by atoms with E-state index in [-0.39, 0.29) is 37.7 Å². The van der Waals surface area contributed by atoms with Crippen LogP contribution >= 0.6 is 19.7 Å². The molecule has 0 saturated heterocycles. The van der Waals surface area contributed by atoms with Gasteiger partial charge in [-0.1, -0.05) is 0 Å². The van der Waals surface area contributed by atoms with Gasteiger partial charge in [-0.05, 0) is 0 Å². The zero-order valence-corrected chi connectivity index (χ0v) is 7.02. The van der Waals surface area contributed by atoms with Crippen molar-refractivity contribution in [2.75, 3.05) is 0 Å². The van der Waals surface area contributed by atoms with Crippen LogP contribution in [0.25, 0.3) is 0 Å². The number of rotatable bonds is 1. The molecule has 0 fully saturated rings. The summed E-state index contributed by atoms with van der Waals surface area (Å²) >= 11 is 4.09. The molecule has 0 aromatic heterocycles. The molecule has 4 nitrogen and oxygen atoms in total. The molecule has 0 aliphatic heterocycles. The normalized spacial score (nSPS) is 10.1. The van der Waals surface area contributed by atoms with Crippen molar-refractivity contribution < 1.29 is 18.4 Å². The Labute approximate surface area is 75.2 Å². The van der Waals surface area contributed by atoms with Crippen molar-refractivity contribution in [1.82, 2.24) is 0 Å². The molecule has 0 atom stereocenters. The molecule has 0 rings (SSSR count). The molecule has 7 heteroatoms. The maximum absolute atomic E-state index is 9.12. The molecular formula is CaClO4P. The molecule has 0 saturated carbocycles. The molecule has 0 N–H and O–H groups in total. The van der Waals surface area contributed by atoms with Crippen LogP contribution in [-0.2, 0) is 8.64 Å². The van der Waals surface area contributed by atoms with E-state index in [4.69, 9.17) is 14.4 Å². The number of hydrogen-bond donors (Lipinski definition) is 0. The summed E-state index contributed by atoms with van der Waals surface area (Å²) in [7, 11) is -4.88. The van der Waals surface area contributed by atoms with Gasteiger partial charge in [-0.25, -0.2) is 4.08 Å².